The molecule has 0 aliphatic heterocycles. The van der Waals surface area contributed by atoms with Crippen LogP contribution in [-0.4, -0.2) is 31.1 Å². The molecule has 0 amide bonds. The normalized spacial score (nSPS) is 28.8. The molecule has 0 aromatic heterocycles. The van der Waals surface area contributed by atoms with Gasteiger partial charge in [-0.3, -0.25) is 4.90 Å². The Morgan fingerprint density at radius 3 is 2.54 bits per heavy atom. The lowest BCUT2D eigenvalue weighted by atomic mass is 9.86. The molecule has 1 aliphatic rings. The number of rotatable bonds is 3. The summed E-state index contributed by atoms with van der Waals surface area (Å²) in [4.78, 5) is 2.22. The zero-order valence-electron chi connectivity index (χ0n) is 8.50. The van der Waals surface area contributed by atoms with Crippen LogP contribution in [-0.2, 0) is 0 Å². The number of nitrogens with zero attached hydrogens (tertiary/aromatic N) is 1. The second kappa shape index (κ2) is 5.26. The molecule has 0 spiro atoms. The van der Waals surface area contributed by atoms with Gasteiger partial charge in [-0.2, -0.15) is 0 Å². The molecule has 2 nitrogen and oxygen atoms in total. The van der Waals surface area contributed by atoms with Gasteiger partial charge in [-0.15, -0.1) is 6.42 Å². The highest BCUT2D eigenvalue weighted by molar-refractivity contribution is 4.88. The van der Waals surface area contributed by atoms with Crippen LogP contribution in [0.4, 0.5) is 0 Å². The molecule has 0 radical (unpaired) electrons. The SMILES string of the molecule is C#CCN(C)CC1CCC(N)CC1. The fourth-order valence-corrected chi connectivity index (χ4v) is 2.03. The lowest BCUT2D eigenvalue weighted by Crippen LogP contribution is -2.32. The van der Waals surface area contributed by atoms with Crippen LogP contribution in [0.5, 0.6) is 0 Å². The standard InChI is InChI=1S/C11H20N2/c1-3-8-13(2)9-10-4-6-11(12)7-5-10/h1,10-11H,4-9,12H2,2H3. The van der Waals surface area contributed by atoms with E-state index in [0.29, 0.717) is 6.04 Å². The predicted molar refractivity (Wildman–Crippen MR) is 56.3 cm³/mol. The fourth-order valence-electron chi connectivity index (χ4n) is 2.03. The Hall–Kier alpha value is -0.520. The smallest absolute Gasteiger partial charge is 0.0596 e. The summed E-state index contributed by atoms with van der Waals surface area (Å²) < 4.78 is 0. The van der Waals surface area contributed by atoms with Gasteiger partial charge in [-0.05, 0) is 38.6 Å². The number of hydrogen-bond donors (Lipinski definition) is 1. The quantitative estimate of drug-likeness (QED) is 0.658. The van der Waals surface area contributed by atoms with Crippen molar-refractivity contribution in [1.29, 1.82) is 0 Å². The van der Waals surface area contributed by atoms with E-state index in [4.69, 9.17) is 12.2 Å². The molecule has 1 aliphatic carbocycles. The molecular weight excluding hydrogens is 160 g/mol. The molecule has 13 heavy (non-hydrogen) atoms. The zero-order valence-corrected chi connectivity index (χ0v) is 8.50. The summed E-state index contributed by atoms with van der Waals surface area (Å²) in [6.07, 6.45) is 10.2. The average molecular weight is 180 g/mol. The molecule has 1 saturated carbocycles. The zero-order chi connectivity index (χ0) is 9.68. The van der Waals surface area contributed by atoms with Crippen molar-refractivity contribution in [3.8, 4) is 12.3 Å². The van der Waals surface area contributed by atoms with Crippen LogP contribution in [0.25, 0.3) is 0 Å². The Morgan fingerprint density at radius 1 is 1.38 bits per heavy atom. The van der Waals surface area contributed by atoms with Crippen LogP contribution >= 0.6 is 0 Å². The van der Waals surface area contributed by atoms with Crippen LogP contribution in [0.2, 0.25) is 0 Å². The lowest BCUT2D eigenvalue weighted by molar-refractivity contribution is 0.239. The van der Waals surface area contributed by atoms with E-state index in [1.54, 1.807) is 0 Å². The van der Waals surface area contributed by atoms with E-state index in [2.05, 4.69) is 17.9 Å². The first-order valence-electron chi connectivity index (χ1n) is 5.10. The van der Waals surface area contributed by atoms with E-state index in [9.17, 15) is 0 Å². The Bertz CT molecular complexity index is 175. The van der Waals surface area contributed by atoms with E-state index >= 15 is 0 Å². The van der Waals surface area contributed by atoms with Crippen LogP contribution in [0.3, 0.4) is 0 Å². The van der Waals surface area contributed by atoms with Crippen LogP contribution in [0.15, 0.2) is 0 Å². The molecule has 0 heterocycles. The molecule has 1 fully saturated rings. The molecular formula is C11H20N2. The molecule has 0 aromatic rings. The molecule has 74 valence electrons. The molecule has 0 unspecified atom stereocenters. The number of terminal acetylenes is 1. The van der Waals surface area contributed by atoms with Gasteiger partial charge in [-0.1, -0.05) is 5.92 Å². The van der Waals surface area contributed by atoms with Crippen molar-refractivity contribution < 1.29 is 0 Å². The van der Waals surface area contributed by atoms with Gasteiger partial charge in [0.15, 0.2) is 0 Å². The summed E-state index contributed by atoms with van der Waals surface area (Å²) in [5.74, 6) is 3.48. The first kappa shape index (κ1) is 10.6. The van der Waals surface area contributed by atoms with Crippen molar-refractivity contribution in [2.75, 3.05) is 20.1 Å². The first-order valence-corrected chi connectivity index (χ1v) is 5.10. The van der Waals surface area contributed by atoms with Gasteiger partial charge >= 0.3 is 0 Å². The second-order valence-corrected chi connectivity index (χ2v) is 4.18. The molecule has 1 rings (SSSR count). The maximum Gasteiger partial charge on any atom is 0.0596 e. The Labute approximate surface area is 81.5 Å². The molecule has 0 bridgehead atoms. The highest BCUT2D eigenvalue weighted by atomic mass is 15.1. The average Bonchev–Trinajstić information content (AvgIpc) is 2.09. The molecule has 0 atom stereocenters. The van der Waals surface area contributed by atoms with Crippen molar-refractivity contribution >= 4 is 0 Å². The minimum absolute atomic E-state index is 0.453. The molecule has 0 saturated heterocycles. The highest BCUT2D eigenvalue weighted by Crippen LogP contribution is 2.23. The second-order valence-electron chi connectivity index (χ2n) is 4.18. The van der Waals surface area contributed by atoms with E-state index in [1.807, 2.05) is 0 Å². The minimum Gasteiger partial charge on any atom is -0.328 e. The Balaban J connectivity index is 2.19. The van der Waals surface area contributed by atoms with Crippen LogP contribution < -0.4 is 5.73 Å². The maximum absolute atomic E-state index is 5.84. The third-order valence-corrected chi connectivity index (χ3v) is 2.82. The molecule has 2 N–H and O–H groups in total. The van der Waals surface area contributed by atoms with Gasteiger partial charge in [0, 0.05) is 12.6 Å². The Kier molecular flexibility index (Phi) is 4.27. The summed E-state index contributed by atoms with van der Waals surface area (Å²) in [7, 11) is 2.09. The van der Waals surface area contributed by atoms with Crippen molar-refractivity contribution in [3.05, 3.63) is 0 Å². The van der Waals surface area contributed by atoms with Gasteiger partial charge in [0.25, 0.3) is 0 Å². The lowest BCUT2D eigenvalue weighted by Gasteiger charge is -2.28. The number of nitrogens with two attached hydrogens (primary N) is 1. The molecule has 0 aromatic carbocycles. The van der Waals surface area contributed by atoms with E-state index in [0.717, 1.165) is 19.0 Å². The van der Waals surface area contributed by atoms with Crippen LogP contribution in [0.1, 0.15) is 25.7 Å². The van der Waals surface area contributed by atoms with Crippen LogP contribution in [0, 0.1) is 18.3 Å². The van der Waals surface area contributed by atoms with Gasteiger partial charge in [0.2, 0.25) is 0 Å². The molecule has 2 heteroatoms. The highest BCUT2D eigenvalue weighted by Gasteiger charge is 2.19. The number of hydrogen-bond acceptors (Lipinski definition) is 2. The van der Waals surface area contributed by atoms with E-state index in [1.165, 1.54) is 25.7 Å². The minimum atomic E-state index is 0.453. The van der Waals surface area contributed by atoms with Crippen molar-refractivity contribution in [1.82, 2.24) is 4.90 Å². The topological polar surface area (TPSA) is 29.3 Å². The predicted octanol–water partition coefficient (Wildman–Crippen LogP) is 1.07. The Morgan fingerprint density at radius 2 is 2.00 bits per heavy atom. The maximum atomic E-state index is 5.84. The van der Waals surface area contributed by atoms with Crippen molar-refractivity contribution in [3.63, 3.8) is 0 Å². The monoisotopic (exact) mass is 180 g/mol. The third kappa shape index (κ3) is 3.80. The summed E-state index contributed by atoms with van der Waals surface area (Å²) in [6, 6.07) is 0.453. The fraction of sp³-hybridized carbons (Fsp3) is 0.818. The van der Waals surface area contributed by atoms with Crippen molar-refractivity contribution in [2.24, 2.45) is 11.7 Å². The summed E-state index contributed by atoms with van der Waals surface area (Å²) in [5, 5.41) is 0. The van der Waals surface area contributed by atoms with Gasteiger partial charge in [0.05, 0.1) is 6.54 Å². The summed E-state index contributed by atoms with van der Waals surface area (Å²) >= 11 is 0. The first-order chi connectivity index (χ1) is 6.22. The van der Waals surface area contributed by atoms with E-state index < -0.39 is 0 Å². The largest absolute Gasteiger partial charge is 0.328 e. The van der Waals surface area contributed by atoms with Gasteiger partial charge < -0.3 is 5.73 Å². The third-order valence-electron chi connectivity index (χ3n) is 2.82. The van der Waals surface area contributed by atoms with Gasteiger partial charge in [-0.25, -0.2) is 0 Å². The van der Waals surface area contributed by atoms with Crippen molar-refractivity contribution in [2.45, 2.75) is 31.7 Å². The van der Waals surface area contributed by atoms with Gasteiger partial charge in [0.1, 0.15) is 0 Å². The summed E-state index contributed by atoms with van der Waals surface area (Å²) in [6.45, 7) is 1.90. The summed E-state index contributed by atoms with van der Waals surface area (Å²) in [5.41, 5.74) is 5.84. The van der Waals surface area contributed by atoms with E-state index in [-0.39, 0.29) is 0 Å².